The van der Waals surface area contributed by atoms with E-state index in [0.29, 0.717) is 11.4 Å². The number of hydrogen-bond donors (Lipinski definition) is 2. The van der Waals surface area contributed by atoms with Gasteiger partial charge in [0.1, 0.15) is 0 Å². The predicted molar refractivity (Wildman–Crippen MR) is 91.0 cm³/mol. The molecule has 0 fully saturated rings. The summed E-state index contributed by atoms with van der Waals surface area (Å²) in [5.74, 6) is -0.302. The highest BCUT2D eigenvalue weighted by molar-refractivity contribution is 8.14. The van der Waals surface area contributed by atoms with Crippen molar-refractivity contribution < 1.29 is 9.90 Å². The lowest BCUT2D eigenvalue weighted by Crippen LogP contribution is -2.13. The average Bonchev–Trinajstić information content (AvgIpc) is 2.83. The van der Waals surface area contributed by atoms with Crippen LogP contribution in [0.1, 0.15) is 53.5 Å². The standard InChI is InChI=1S/C16H17N3O3S/c1-8(2)19-14-12(15(20)18-19)13(23-9(3)17-14)10-4-6-11(7-5-10)16(21)22/h4-8,13H,1-3H3,(H,18,20)(H,21,22). The minimum atomic E-state index is -0.963. The molecule has 1 aromatic heterocycles. The summed E-state index contributed by atoms with van der Waals surface area (Å²) in [5.41, 5.74) is 1.60. The average molecular weight is 331 g/mol. The molecule has 0 saturated heterocycles. The van der Waals surface area contributed by atoms with Gasteiger partial charge in [-0.2, -0.15) is 0 Å². The second kappa shape index (κ2) is 5.73. The van der Waals surface area contributed by atoms with E-state index in [0.717, 1.165) is 10.6 Å². The van der Waals surface area contributed by atoms with Gasteiger partial charge in [-0.05, 0) is 38.5 Å². The first-order valence-corrected chi connectivity index (χ1v) is 8.16. The first-order chi connectivity index (χ1) is 10.9. The molecule has 0 amide bonds. The fourth-order valence-corrected chi connectivity index (χ4v) is 3.72. The number of benzene rings is 1. The van der Waals surface area contributed by atoms with E-state index in [4.69, 9.17) is 5.11 Å². The first kappa shape index (κ1) is 15.6. The number of aromatic amines is 1. The zero-order chi connectivity index (χ0) is 16.7. The highest BCUT2D eigenvalue weighted by Gasteiger charge is 2.30. The Morgan fingerprint density at radius 1 is 1.35 bits per heavy atom. The van der Waals surface area contributed by atoms with Crippen molar-refractivity contribution in [1.82, 2.24) is 9.78 Å². The van der Waals surface area contributed by atoms with Crippen LogP contribution >= 0.6 is 11.8 Å². The van der Waals surface area contributed by atoms with Crippen LogP contribution in [0.2, 0.25) is 0 Å². The molecule has 0 radical (unpaired) electrons. The van der Waals surface area contributed by atoms with Gasteiger partial charge in [-0.25, -0.2) is 9.79 Å². The molecule has 1 aliphatic heterocycles. The number of carboxylic acid groups (broad SMARTS) is 1. The van der Waals surface area contributed by atoms with Crippen LogP contribution in [0.15, 0.2) is 34.1 Å². The highest BCUT2D eigenvalue weighted by atomic mass is 32.2. The van der Waals surface area contributed by atoms with Crippen molar-refractivity contribution >= 4 is 28.6 Å². The van der Waals surface area contributed by atoms with Gasteiger partial charge in [0.2, 0.25) is 0 Å². The Kier molecular flexibility index (Phi) is 3.89. The molecule has 0 aliphatic carbocycles. The Hall–Kier alpha value is -2.28. The number of fused-ring (bicyclic) bond motifs is 1. The van der Waals surface area contributed by atoms with Crippen LogP contribution < -0.4 is 5.56 Å². The fourth-order valence-electron chi connectivity index (χ4n) is 2.62. The van der Waals surface area contributed by atoms with Gasteiger partial charge in [0, 0.05) is 6.04 Å². The SMILES string of the molecule is CC1=Nc2c(c(=O)[nH]n2C(C)C)C(c2ccc(C(=O)O)cc2)S1. The number of nitrogens with one attached hydrogen (secondary N) is 1. The van der Waals surface area contributed by atoms with Crippen molar-refractivity contribution in [2.24, 2.45) is 4.99 Å². The summed E-state index contributed by atoms with van der Waals surface area (Å²) in [6.45, 7) is 5.88. The van der Waals surface area contributed by atoms with Gasteiger partial charge in [0.05, 0.1) is 21.4 Å². The summed E-state index contributed by atoms with van der Waals surface area (Å²) in [4.78, 5) is 27.9. The van der Waals surface area contributed by atoms with Gasteiger partial charge in [0.25, 0.3) is 5.56 Å². The molecule has 1 aromatic carbocycles. The summed E-state index contributed by atoms with van der Waals surface area (Å²) >= 11 is 1.50. The monoisotopic (exact) mass is 331 g/mol. The van der Waals surface area contributed by atoms with E-state index in [1.807, 2.05) is 20.8 Å². The quantitative estimate of drug-likeness (QED) is 0.903. The van der Waals surface area contributed by atoms with E-state index in [2.05, 4.69) is 10.1 Å². The number of rotatable bonds is 3. The Morgan fingerprint density at radius 2 is 2.00 bits per heavy atom. The molecule has 2 N–H and O–H groups in total. The van der Waals surface area contributed by atoms with E-state index in [-0.39, 0.29) is 22.4 Å². The number of aliphatic imine (C=N–C) groups is 1. The molecule has 3 rings (SSSR count). The summed E-state index contributed by atoms with van der Waals surface area (Å²) < 4.78 is 1.78. The summed E-state index contributed by atoms with van der Waals surface area (Å²) in [6, 6.07) is 6.74. The topological polar surface area (TPSA) is 87.5 Å². The summed E-state index contributed by atoms with van der Waals surface area (Å²) in [7, 11) is 0. The number of aromatic carboxylic acids is 1. The normalized spacial score (nSPS) is 17.0. The molecule has 2 aromatic rings. The molecule has 120 valence electrons. The third-order valence-corrected chi connectivity index (χ3v) is 4.90. The number of aromatic nitrogens is 2. The predicted octanol–water partition coefficient (Wildman–Crippen LogP) is 3.34. The van der Waals surface area contributed by atoms with Gasteiger partial charge >= 0.3 is 5.97 Å². The third kappa shape index (κ3) is 2.72. The van der Waals surface area contributed by atoms with E-state index < -0.39 is 5.97 Å². The Labute approximate surface area is 137 Å². The molecule has 7 heteroatoms. The lowest BCUT2D eigenvalue weighted by atomic mass is 10.0. The molecule has 6 nitrogen and oxygen atoms in total. The van der Waals surface area contributed by atoms with E-state index in [1.54, 1.807) is 28.9 Å². The lowest BCUT2D eigenvalue weighted by molar-refractivity contribution is 0.0697. The number of thioether (sulfide) groups is 1. The molecular formula is C16H17N3O3S. The van der Waals surface area contributed by atoms with Crippen molar-refractivity contribution in [2.45, 2.75) is 32.1 Å². The van der Waals surface area contributed by atoms with Gasteiger partial charge in [-0.1, -0.05) is 23.9 Å². The zero-order valence-electron chi connectivity index (χ0n) is 13.0. The van der Waals surface area contributed by atoms with Crippen LogP contribution in [-0.4, -0.2) is 25.9 Å². The van der Waals surface area contributed by atoms with Crippen molar-refractivity contribution in [2.75, 3.05) is 0 Å². The van der Waals surface area contributed by atoms with E-state index >= 15 is 0 Å². The largest absolute Gasteiger partial charge is 0.478 e. The smallest absolute Gasteiger partial charge is 0.335 e. The first-order valence-electron chi connectivity index (χ1n) is 7.28. The number of carbonyl (C=O) groups is 1. The van der Waals surface area contributed by atoms with Crippen LogP contribution in [0.3, 0.4) is 0 Å². The second-order valence-corrected chi connectivity index (χ2v) is 7.00. The van der Waals surface area contributed by atoms with Gasteiger partial charge in [0.15, 0.2) is 5.82 Å². The zero-order valence-corrected chi connectivity index (χ0v) is 13.8. The molecule has 1 aliphatic rings. The van der Waals surface area contributed by atoms with Crippen molar-refractivity contribution in [1.29, 1.82) is 0 Å². The van der Waals surface area contributed by atoms with Crippen LogP contribution in [-0.2, 0) is 0 Å². The highest BCUT2D eigenvalue weighted by Crippen LogP contribution is 2.43. The van der Waals surface area contributed by atoms with E-state index in [1.165, 1.54) is 11.8 Å². The number of nitrogens with zero attached hydrogens (tertiary/aromatic N) is 2. The fraction of sp³-hybridized carbons (Fsp3) is 0.312. The number of carboxylic acids is 1. The Morgan fingerprint density at radius 3 is 2.57 bits per heavy atom. The van der Waals surface area contributed by atoms with Crippen LogP contribution in [0.5, 0.6) is 0 Å². The molecule has 2 heterocycles. The third-order valence-electron chi connectivity index (χ3n) is 3.73. The van der Waals surface area contributed by atoms with Gasteiger partial charge in [-0.3, -0.25) is 14.6 Å². The minimum Gasteiger partial charge on any atom is -0.478 e. The summed E-state index contributed by atoms with van der Waals surface area (Å²) in [6.07, 6.45) is 0. The number of H-pyrrole nitrogens is 1. The molecule has 0 bridgehead atoms. The van der Waals surface area contributed by atoms with Gasteiger partial charge in [-0.15, -0.1) is 0 Å². The molecule has 23 heavy (non-hydrogen) atoms. The van der Waals surface area contributed by atoms with E-state index in [9.17, 15) is 9.59 Å². The summed E-state index contributed by atoms with van der Waals surface area (Å²) in [5, 5.41) is 12.6. The Balaban J connectivity index is 2.11. The lowest BCUT2D eigenvalue weighted by Gasteiger charge is -2.21. The molecule has 0 saturated carbocycles. The van der Waals surface area contributed by atoms with Crippen molar-refractivity contribution in [3.05, 3.63) is 51.3 Å². The molecular weight excluding hydrogens is 314 g/mol. The maximum absolute atomic E-state index is 12.4. The van der Waals surface area contributed by atoms with Crippen molar-refractivity contribution in [3.63, 3.8) is 0 Å². The minimum absolute atomic E-state index is 0.0983. The Bertz CT molecular complexity index is 846. The molecule has 0 spiro atoms. The van der Waals surface area contributed by atoms with Crippen LogP contribution in [0.4, 0.5) is 5.82 Å². The molecule has 1 unspecified atom stereocenters. The van der Waals surface area contributed by atoms with Crippen LogP contribution in [0.25, 0.3) is 0 Å². The second-order valence-electron chi connectivity index (χ2n) is 5.70. The maximum Gasteiger partial charge on any atom is 0.335 e. The number of hydrogen-bond acceptors (Lipinski definition) is 4. The van der Waals surface area contributed by atoms with Gasteiger partial charge < -0.3 is 5.11 Å². The van der Waals surface area contributed by atoms with Crippen LogP contribution in [0, 0.1) is 0 Å². The maximum atomic E-state index is 12.4. The van der Waals surface area contributed by atoms with Crippen molar-refractivity contribution in [3.8, 4) is 0 Å². The molecule has 1 atom stereocenters.